The molecule has 2 N–H and O–H groups in total. The molecule has 1 amide bonds. The molecule has 0 bridgehead atoms. The first kappa shape index (κ1) is 19.1. The van der Waals surface area contributed by atoms with Crippen LogP contribution in [-0.2, 0) is 27.5 Å². The monoisotopic (exact) mass is 393 g/mol. The summed E-state index contributed by atoms with van der Waals surface area (Å²) in [5.41, 5.74) is -1.25. The molecule has 0 radical (unpaired) electrons. The van der Waals surface area contributed by atoms with Gasteiger partial charge in [0.25, 0.3) is 5.91 Å². The van der Waals surface area contributed by atoms with Crippen LogP contribution in [0.2, 0.25) is 0 Å². The summed E-state index contributed by atoms with van der Waals surface area (Å²) in [4.78, 5) is 14.9. The summed E-state index contributed by atoms with van der Waals surface area (Å²) >= 11 is 0. The molecule has 1 aromatic carbocycles. The number of alkyl halides is 3. The van der Waals surface area contributed by atoms with Gasteiger partial charge in [-0.3, -0.25) is 9.69 Å². The molecule has 2 aliphatic heterocycles. The normalized spacial score (nSPS) is 19.1. The standard InChI is InChI=1S/C15H18F3N3O4S/c16-15(17,18)12-7-10-9-21(2-1-20-3-5-25-6-4-20)14(22)11(10)8-13(12)26(19,23)24/h7-8H,1-6,9H2,(H2,19,23,24). The van der Waals surface area contributed by atoms with E-state index in [4.69, 9.17) is 9.88 Å². The maximum Gasteiger partial charge on any atom is 0.417 e. The fourth-order valence-corrected chi connectivity index (χ4v) is 3.89. The zero-order valence-electron chi connectivity index (χ0n) is 13.8. The Bertz CT molecular complexity index is 820. The lowest BCUT2D eigenvalue weighted by Crippen LogP contribution is -2.41. The molecule has 0 aliphatic carbocycles. The van der Waals surface area contributed by atoms with E-state index in [9.17, 15) is 26.4 Å². The van der Waals surface area contributed by atoms with E-state index in [1.807, 2.05) is 0 Å². The molecule has 1 aromatic rings. The number of amides is 1. The van der Waals surface area contributed by atoms with Gasteiger partial charge in [0, 0.05) is 38.3 Å². The second-order valence-corrected chi connectivity index (χ2v) is 7.76. The van der Waals surface area contributed by atoms with Crippen molar-refractivity contribution in [1.29, 1.82) is 0 Å². The summed E-state index contributed by atoms with van der Waals surface area (Å²) < 4.78 is 67.9. The predicted molar refractivity (Wildman–Crippen MR) is 84.8 cm³/mol. The van der Waals surface area contributed by atoms with Crippen LogP contribution in [0.1, 0.15) is 21.5 Å². The maximum absolute atomic E-state index is 13.2. The summed E-state index contributed by atoms with van der Waals surface area (Å²) in [6.07, 6.45) is -4.89. The molecule has 11 heteroatoms. The lowest BCUT2D eigenvalue weighted by molar-refractivity contribution is -0.139. The van der Waals surface area contributed by atoms with Gasteiger partial charge in [-0.2, -0.15) is 13.2 Å². The van der Waals surface area contributed by atoms with Crippen molar-refractivity contribution < 1.29 is 31.1 Å². The quantitative estimate of drug-likeness (QED) is 0.811. The maximum atomic E-state index is 13.2. The highest BCUT2D eigenvalue weighted by Crippen LogP contribution is 2.37. The van der Waals surface area contributed by atoms with Gasteiger partial charge >= 0.3 is 6.18 Å². The van der Waals surface area contributed by atoms with E-state index in [1.54, 1.807) is 0 Å². The second kappa shape index (κ2) is 6.80. The molecule has 0 aromatic heterocycles. The number of primary sulfonamides is 1. The van der Waals surface area contributed by atoms with Crippen molar-refractivity contribution in [2.75, 3.05) is 39.4 Å². The first-order valence-corrected chi connectivity index (χ1v) is 9.48. The van der Waals surface area contributed by atoms with Gasteiger partial charge in [-0.1, -0.05) is 0 Å². The number of hydrogen-bond acceptors (Lipinski definition) is 5. The summed E-state index contributed by atoms with van der Waals surface area (Å²) in [7, 11) is -4.62. The zero-order valence-corrected chi connectivity index (χ0v) is 14.6. The van der Waals surface area contributed by atoms with Gasteiger partial charge in [-0.15, -0.1) is 0 Å². The van der Waals surface area contributed by atoms with Gasteiger partial charge in [0.2, 0.25) is 10.0 Å². The van der Waals surface area contributed by atoms with Gasteiger partial charge in [-0.05, 0) is 17.7 Å². The van der Waals surface area contributed by atoms with E-state index in [-0.39, 0.29) is 17.7 Å². The minimum Gasteiger partial charge on any atom is -0.379 e. The van der Waals surface area contributed by atoms with Crippen LogP contribution in [0, 0.1) is 0 Å². The first-order valence-electron chi connectivity index (χ1n) is 7.93. The van der Waals surface area contributed by atoms with Crippen LogP contribution in [-0.4, -0.2) is 63.5 Å². The molecule has 7 nitrogen and oxygen atoms in total. The minimum atomic E-state index is -4.89. The van der Waals surface area contributed by atoms with Crippen LogP contribution in [0.5, 0.6) is 0 Å². The predicted octanol–water partition coefficient (Wildman–Crippen LogP) is 0.641. The number of carbonyl (C=O) groups is 1. The van der Waals surface area contributed by atoms with Crippen molar-refractivity contribution >= 4 is 15.9 Å². The lowest BCUT2D eigenvalue weighted by atomic mass is 10.1. The Kier molecular flexibility index (Phi) is 4.99. The highest BCUT2D eigenvalue weighted by molar-refractivity contribution is 7.89. The molecule has 144 valence electrons. The van der Waals surface area contributed by atoms with E-state index in [1.165, 1.54) is 4.90 Å². The fourth-order valence-electron chi connectivity index (χ4n) is 3.13. The molecule has 3 rings (SSSR count). The number of sulfonamides is 1. The van der Waals surface area contributed by atoms with Crippen LogP contribution in [0.3, 0.4) is 0 Å². The number of hydrogen-bond donors (Lipinski definition) is 1. The highest BCUT2D eigenvalue weighted by atomic mass is 32.2. The van der Waals surface area contributed by atoms with E-state index in [0.717, 1.165) is 19.2 Å². The number of morpholine rings is 1. The Morgan fingerprint density at radius 3 is 2.38 bits per heavy atom. The van der Waals surface area contributed by atoms with Crippen molar-refractivity contribution in [3.63, 3.8) is 0 Å². The van der Waals surface area contributed by atoms with Crippen molar-refractivity contribution in [2.24, 2.45) is 5.14 Å². The fraction of sp³-hybridized carbons (Fsp3) is 0.533. The lowest BCUT2D eigenvalue weighted by Gasteiger charge is -2.28. The zero-order chi connectivity index (χ0) is 19.1. The SMILES string of the molecule is NS(=O)(=O)c1cc2c(cc1C(F)(F)F)CN(CCN1CCOCC1)C2=O. The molecule has 1 fully saturated rings. The Hall–Kier alpha value is -1.69. The van der Waals surface area contributed by atoms with E-state index in [2.05, 4.69) is 4.90 Å². The molecule has 2 aliphatic rings. The molecular formula is C15H18F3N3O4S. The Morgan fingerprint density at radius 2 is 1.81 bits per heavy atom. The molecule has 0 spiro atoms. The van der Waals surface area contributed by atoms with Crippen LogP contribution in [0.25, 0.3) is 0 Å². The van der Waals surface area contributed by atoms with Crippen LogP contribution in [0.15, 0.2) is 17.0 Å². The molecule has 26 heavy (non-hydrogen) atoms. The molecular weight excluding hydrogens is 375 g/mol. The number of benzene rings is 1. The smallest absolute Gasteiger partial charge is 0.379 e. The third kappa shape index (κ3) is 3.85. The summed E-state index contributed by atoms with van der Waals surface area (Å²) in [6.45, 7) is 3.55. The second-order valence-electron chi connectivity index (χ2n) is 6.23. The number of nitrogens with zero attached hydrogens (tertiary/aromatic N) is 2. The van der Waals surface area contributed by atoms with Crippen molar-refractivity contribution in [1.82, 2.24) is 9.80 Å². The molecule has 0 unspecified atom stereocenters. The third-order valence-electron chi connectivity index (χ3n) is 4.49. The number of ether oxygens (including phenoxy) is 1. The summed E-state index contributed by atoms with van der Waals surface area (Å²) in [5, 5.41) is 4.91. The Balaban J connectivity index is 1.85. The van der Waals surface area contributed by atoms with Gasteiger partial charge in [0.1, 0.15) is 0 Å². The number of carbonyl (C=O) groups excluding carboxylic acids is 1. The number of rotatable bonds is 4. The van der Waals surface area contributed by atoms with Crippen molar-refractivity contribution in [3.05, 3.63) is 28.8 Å². The van der Waals surface area contributed by atoms with Crippen molar-refractivity contribution in [2.45, 2.75) is 17.6 Å². The first-order chi connectivity index (χ1) is 12.1. The largest absolute Gasteiger partial charge is 0.417 e. The van der Waals surface area contributed by atoms with Crippen LogP contribution >= 0.6 is 0 Å². The highest BCUT2D eigenvalue weighted by Gasteiger charge is 2.40. The third-order valence-corrected chi connectivity index (χ3v) is 5.44. The van der Waals surface area contributed by atoms with Crippen LogP contribution < -0.4 is 5.14 Å². The topological polar surface area (TPSA) is 92.9 Å². The van der Waals surface area contributed by atoms with E-state index < -0.39 is 32.6 Å². The van der Waals surface area contributed by atoms with Gasteiger partial charge in [-0.25, -0.2) is 13.6 Å². The minimum absolute atomic E-state index is 0.00643. The molecule has 1 saturated heterocycles. The van der Waals surface area contributed by atoms with Gasteiger partial charge in [0.05, 0.1) is 23.7 Å². The number of halogens is 3. The Labute approximate surface area is 148 Å². The van der Waals surface area contributed by atoms with Gasteiger partial charge in [0.15, 0.2) is 0 Å². The average molecular weight is 393 g/mol. The number of fused-ring (bicyclic) bond motifs is 1. The molecule has 0 saturated carbocycles. The molecule has 0 atom stereocenters. The van der Waals surface area contributed by atoms with E-state index in [0.29, 0.717) is 32.4 Å². The van der Waals surface area contributed by atoms with Crippen molar-refractivity contribution in [3.8, 4) is 0 Å². The van der Waals surface area contributed by atoms with Gasteiger partial charge < -0.3 is 9.64 Å². The summed E-state index contributed by atoms with van der Waals surface area (Å²) in [5.74, 6) is -0.494. The molecule has 2 heterocycles. The van der Waals surface area contributed by atoms with E-state index >= 15 is 0 Å². The average Bonchev–Trinajstić information content (AvgIpc) is 2.87. The Morgan fingerprint density at radius 1 is 1.15 bits per heavy atom. The summed E-state index contributed by atoms with van der Waals surface area (Å²) in [6, 6.07) is 1.45. The van der Waals surface area contributed by atoms with Crippen LogP contribution in [0.4, 0.5) is 13.2 Å². The number of nitrogens with two attached hydrogens (primary N) is 1.